The van der Waals surface area contributed by atoms with Crippen LogP contribution in [0.3, 0.4) is 0 Å². The van der Waals surface area contributed by atoms with Gasteiger partial charge >= 0.3 is 0 Å². The predicted octanol–water partition coefficient (Wildman–Crippen LogP) is 4.01. The molecular formula is C29H40N6O4. The standard InChI is InChI=1S/C29H40N6O4/c1-29(2)17-35(20-7-5-6-8-20)25-23(34(3)27(29)38)16-30-28(33-25)32-22-14-9-18(15-24(22)39-4)26(37)31-19-10-12-21(36)13-11-19/h9,14-16,19-21,36H,5-8,10-13,17H2,1-4H3,(H,31,37)(H,30,32,33)/t19-,21-. The molecule has 2 fully saturated rings. The summed E-state index contributed by atoms with van der Waals surface area (Å²) in [6.07, 6.45) is 8.92. The van der Waals surface area contributed by atoms with E-state index in [1.807, 2.05) is 13.8 Å². The molecule has 10 nitrogen and oxygen atoms in total. The molecule has 0 unspecified atom stereocenters. The van der Waals surface area contributed by atoms with E-state index in [9.17, 15) is 14.7 Å². The molecule has 2 saturated carbocycles. The van der Waals surface area contributed by atoms with E-state index in [1.54, 1.807) is 43.5 Å². The number of methoxy groups -OCH3 is 1. The van der Waals surface area contributed by atoms with Gasteiger partial charge in [-0.1, -0.05) is 12.8 Å². The molecule has 1 aromatic carbocycles. The lowest BCUT2D eigenvalue weighted by atomic mass is 9.91. The van der Waals surface area contributed by atoms with E-state index in [0.717, 1.165) is 31.5 Å². The number of anilines is 4. The van der Waals surface area contributed by atoms with Crippen LogP contribution in [0.4, 0.5) is 23.1 Å². The lowest BCUT2D eigenvalue weighted by Gasteiger charge is -2.34. The number of hydrogen-bond donors (Lipinski definition) is 3. The fourth-order valence-electron chi connectivity index (χ4n) is 6.07. The first-order valence-corrected chi connectivity index (χ1v) is 14.0. The van der Waals surface area contributed by atoms with Crippen LogP contribution in [-0.2, 0) is 4.79 Å². The summed E-state index contributed by atoms with van der Waals surface area (Å²) in [4.78, 5) is 39.6. The van der Waals surface area contributed by atoms with Crippen molar-refractivity contribution < 1.29 is 19.4 Å². The molecule has 1 aliphatic heterocycles. The highest BCUT2D eigenvalue weighted by atomic mass is 16.5. The lowest BCUT2D eigenvalue weighted by molar-refractivity contribution is -0.125. The van der Waals surface area contributed by atoms with Crippen LogP contribution in [0, 0.1) is 5.41 Å². The number of amides is 2. The highest BCUT2D eigenvalue weighted by Crippen LogP contribution is 2.40. The highest BCUT2D eigenvalue weighted by Gasteiger charge is 2.41. The molecule has 10 heteroatoms. The summed E-state index contributed by atoms with van der Waals surface area (Å²) in [7, 11) is 3.35. The summed E-state index contributed by atoms with van der Waals surface area (Å²) in [6.45, 7) is 4.58. The van der Waals surface area contributed by atoms with Gasteiger partial charge in [-0.15, -0.1) is 0 Å². The van der Waals surface area contributed by atoms with Crippen molar-refractivity contribution in [3.8, 4) is 5.75 Å². The molecule has 0 atom stereocenters. The largest absolute Gasteiger partial charge is 0.495 e. The number of aliphatic hydroxyl groups excluding tert-OH is 1. The Labute approximate surface area is 230 Å². The average molecular weight is 537 g/mol. The normalized spacial score (nSPS) is 23.3. The number of carbonyl (C=O) groups is 2. The number of hydrogen-bond acceptors (Lipinski definition) is 8. The number of nitrogens with one attached hydrogen (secondary N) is 2. The van der Waals surface area contributed by atoms with Crippen molar-refractivity contribution in [2.24, 2.45) is 5.41 Å². The van der Waals surface area contributed by atoms with E-state index in [-0.39, 0.29) is 24.0 Å². The van der Waals surface area contributed by atoms with Gasteiger partial charge in [0.15, 0.2) is 5.82 Å². The number of benzene rings is 1. The van der Waals surface area contributed by atoms with Crippen LogP contribution in [-0.4, -0.2) is 65.8 Å². The summed E-state index contributed by atoms with van der Waals surface area (Å²) < 4.78 is 5.61. The van der Waals surface area contributed by atoms with Crippen LogP contribution in [0.5, 0.6) is 5.75 Å². The maximum Gasteiger partial charge on any atom is 0.251 e. The molecule has 0 saturated heterocycles. The van der Waals surface area contributed by atoms with E-state index < -0.39 is 5.41 Å². The second-order valence-electron chi connectivity index (χ2n) is 11.7. The molecule has 0 bridgehead atoms. The molecule has 210 valence electrons. The van der Waals surface area contributed by atoms with E-state index in [2.05, 4.69) is 20.5 Å². The summed E-state index contributed by atoms with van der Waals surface area (Å²) >= 11 is 0. The van der Waals surface area contributed by atoms with Gasteiger partial charge in [-0.3, -0.25) is 9.59 Å². The summed E-state index contributed by atoms with van der Waals surface area (Å²) in [5.41, 5.74) is 1.29. The van der Waals surface area contributed by atoms with Crippen molar-refractivity contribution in [3.63, 3.8) is 0 Å². The topological polar surface area (TPSA) is 120 Å². The van der Waals surface area contributed by atoms with E-state index >= 15 is 0 Å². The zero-order chi connectivity index (χ0) is 27.7. The Morgan fingerprint density at radius 2 is 1.85 bits per heavy atom. The van der Waals surface area contributed by atoms with E-state index in [0.29, 0.717) is 54.1 Å². The van der Waals surface area contributed by atoms with Gasteiger partial charge in [-0.05, 0) is 70.6 Å². The maximum absolute atomic E-state index is 13.2. The maximum atomic E-state index is 13.2. The van der Waals surface area contributed by atoms with Gasteiger partial charge in [0, 0.05) is 31.2 Å². The first-order valence-electron chi connectivity index (χ1n) is 14.0. The summed E-state index contributed by atoms with van der Waals surface area (Å²) in [6, 6.07) is 5.65. The number of ether oxygens (including phenoxy) is 1. The van der Waals surface area contributed by atoms with Crippen molar-refractivity contribution in [1.29, 1.82) is 0 Å². The fraction of sp³-hybridized carbons (Fsp3) is 0.586. The van der Waals surface area contributed by atoms with Crippen LogP contribution in [0.25, 0.3) is 0 Å². The van der Waals surface area contributed by atoms with Crippen molar-refractivity contribution in [3.05, 3.63) is 30.0 Å². The zero-order valence-corrected chi connectivity index (χ0v) is 23.4. The SMILES string of the molecule is COc1cc(C(=O)N[C@H]2CC[C@H](O)CC2)ccc1Nc1ncc2c(n1)N(C1CCCC1)CC(C)(C)C(=O)N2C. The quantitative estimate of drug-likeness (QED) is 0.507. The van der Waals surface area contributed by atoms with E-state index in [1.165, 1.54) is 12.8 Å². The minimum atomic E-state index is -0.553. The molecule has 2 aliphatic carbocycles. The van der Waals surface area contributed by atoms with Gasteiger partial charge in [0.05, 0.1) is 30.5 Å². The first-order chi connectivity index (χ1) is 18.7. The Morgan fingerprint density at radius 1 is 1.13 bits per heavy atom. The number of rotatable bonds is 6. The number of carbonyl (C=O) groups excluding carboxylic acids is 2. The second kappa shape index (κ2) is 11.0. The van der Waals surface area contributed by atoms with Crippen LogP contribution < -0.4 is 25.2 Å². The second-order valence-corrected chi connectivity index (χ2v) is 11.7. The number of fused-ring (bicyclic) bond motifs is 1. The molecule has 39 heavy (non-hydrogen) atoms. The van der Waals surface area contributed by atoms with Gasteiger partial charge in [-0.2, -0.15) is 4.98 Å². The molecule has 5 rings (SSSR count). The van der Waals surface area contributed by atoms with Crippen LogP contribution in [0.15, 0.2) is 24.4 Å². The molecule has 0 radical (unpaired) electrons. The van der Waals surface area contributed by atoms with E-state index in [4.69, 9.17) is 9.72 Å². The average Bonchev–Trinajstić information content (AvgIpc) is 3.45. The molecule has 2 heterocycles. The third kappa shape index (κ3) is 5.66. The Kier molecular flexibility index (Phi) is 7.66. The third-order valence-corrected chi connectivity index (χ3v) is 8.34. The minimum Gasteiger partial charge on any atom is -0.495 e. The highest BCUT2D eigenvalue weighted by molar-refractivity contribution is 6.01. The lowest BCUT2D eigenvalue weighted by Crippen LogP contribution is -2.45. The van der Waals surface area contributed by atoms with Crippen LogP contribution in [0.2, 0.25) is 0 Å². The first kappa shape index (κ1) is 27.2. The third-order valence-electron chi connectivity index (χ3n) is 8.34. The molecule has 2 aromatic rings. The Balaban J connectivity index is 1.39. The van der Waals surface area contributed by atoms with Crippen LogP contribution in [0.1, 0.15) is 75.6 Å². The Morgan fingerprint density at radius 3 is 2.54 bits per heavy atom. The molecular weight excluding hydrogens is 496 g/mol. The Bertz CT molecular complexity index is 1220. The number of nitrogens with zero attached hydrogens (tertiary/aromatic N) is 4. The molecule has 0 spiro atoms. The molecule has 3 aliphatic rings. The molecule has 3 N–H and O–H groups in total. The van der Waals surface area contributed by atoms with Crippen molar-refractivity contribution >= 4 is 35.0 Å². The van der Waals surface area contributed by atoms with Gasteiger partial charge in [0.1, 0.15) is 11.4 Å². The number of aromatic nitrogens is 2. The minimum absolute atomic E-state index is 0.0495. The van der Waals surface area contributed by atoms with Crippen molar-refractivity contribution in [2.75, 3.05) is 35.8 Å². The van der Waals surface area contributed by atoms with Gasteiger partial charge in [-0.25, -0.2) is 4.98 Å². The molecule has 2 amide bonds. The smallest absolute Gasteiger partial charge is 0.251 e. The Hall–Kier alpha value is -3.40. The van der Waals surface area contributed by atoms with Crippen molar-refractivity contribution in [2.45, 2.75) is 83.4 Å². The fourth-order valence-corrected chi connectivity index (χ4v) is 6.07. The van der Waals surface area contributed by atoms with Crippen LogP contribution >= 0.6 is 0 Å². The van der Waals surface area contributed by atoms with Crippen molar-refractivity contribution in [1.82, 2.24) is 15.3 Å². The zero-order valence-electron chi connectivity index (χ0n) is 23.4. The molecule has 1 aromatic heterocycles. The predicted molar refractivity (Wildman–Crippen MR) is 151 cm³/mol. The summed E-state index contributed by atoms with van der Waals surface area (Å²) in [5, 5.41) is 16.1. The van der Waals surface area contributed by atoms with Gasteiger partial charge in [0.25, 0.3) is 5.91 Å². The van der Waals surface area contributed by atoms with Gasteiger partial charge in [0.2, 0.25) is 11.9 Å². The monoisotopic (exact) mass is 536 g/mol. The number of aliphatic hydroxyl groups is 1. The van der Waals surface area contributed by atoms with Gasteiger partial charge < -0.3 is 30.3 Å². The summed E-state index contributed by atoms with van der Waals surface area (Å²) in [5.74, 6) is 1.54.